The van der Waals surface area contributed by atoms with Crippen molar-refractivity contribution in [3.05, 3.63) is 118 Å². The summed E-state index contributed by atoms with van der Waals surface area (Å²) in [6, 6.07) is 12.4. The molecule has 6 aliphatic carbocycles. The van der Waals surface area contributed by atoms with Crippen LogP contribution in [0.3, 0.4) is 0 Å². The lowest BCUT2D eigenvalue weighted by Gasteiger charge is -2.28. The number of rotatable bonds is 24. The van der Waals surface area contributed by atoms with Crippen molar-refractivity contribution in [1.82, 2.24) is 13.7 Å². The van der Waals surface area contributed by atoms with Crippen molar-refractivity contribution in [3.63, 3.8) is 0 Å². The van der Waals surface area contributed by atoms with Crippen LogP contribution >= 0.6 is 0 Å². The molecule has 1 aromatic heterocycles. The zero-order valence-corrected chi connectivity index (χ0v) is 52.0. The minimum Gasteiger partial charge on any atom is -0.507 e. The van der Waals surface area contributed by atoms with Gasteiger partial charge in [0.2, 0.25) is 0 Å². The molecule has 15 nitrogen and oxygen atoms in total. The maximum Gasteiger partial charge on any atom is 0.336 e. The Labute approximate surface area is 514 Å². The van der Waals surface area contributed by atoms with E-state index in [2.05, 4.69) is 36.4 Å². The second-order valence-electron chi connectivity index (χ2n) is 26.8. The Kier molecular flexibility index (Phi) is 23.0. The third kappa shape index (κ3) is 16.6. The van der Waals surface area contributed by atoms with Gasteiger partial charge in [0, 0.05) is 19.3 Å². The second kappa shape index (κ2) is 31.4. The summed E-state index contributed by atoms with van der Waals surface area (Å²) in [5, 5.41) is 34.9. The fraction of sp³-hybridized carbons (Fsp3) is 0.667. The number of hydrogen-bond acceptors (Lipinski definition) is 12. The van der Waals surface area contributed by atoms with Crippen molar-refractivity contribution in [2.24, 2.45) is 0 Å². The summed E-state index contributed by atoms with van der Waals surface area (Å²) in [7, 11) is 0. The lowest BCUT2D eigenvalue weighted by molar-refractivity contribution is -0.144. The highest BCUT2D eigenvalue weighted by Crippen LogP contribution is 2.48. The van der Waals surface area contributed by atoms with Crippen LogP contribution in [0.15, 0.2) is 50.8 Å². The molecule has 15 heteroatoms. The summed E-state index contributed by atoms with van der Waals surface area (Å²) in [5.74, 6) is 1.38. The SMILES string of the molecule is O=C(CCc1cc(C2CCCCC2)c(O)c(C2CCCCC2)c1)OCCn1c(=O)n(CCOC(=O)CCc2cc(C3CCCCC3)c(O)c(C3CCCCC3)c2)c(=O)n(CCOC(=O)CCc2cc(C3CCCCC3)c(O)c(C3CCCCC3)c2)c1=O. The van der Waals surface area contributed by atoms with Gasteiger partial charge < -0.3 is 29.5 Å². The Hall–Kier alpha value is -6.12. The first kappa shape index (κ1) is 63.9. The van der Waals surface area contributed by atoms with E-state index >= 15 is 0 Å². The highest BCUT2D eigenvalue weighted by Gasteiger charge is 2.30. The number of nitrogens with zero attached hydrogens (tertiary/aromatic N) is 3. The van der Waals surface area contributed by atoms with Gasteiger partial charge in [-0.1, -0.05) is 152 Å². The largest absolute Gasteiger partial charge is 0.507 e. The quantitative estimate of drug-likeness (QED) is 0.0443. The Morgan fingerprint density at radius 2 is 0.506 bits per heavy atom. The van der Waals surface area contributed by atoms with Crippen LogP contribution in [0.1, 0.15) is 297 Å². The molecule has 0 amide bonds. The van der Waals surface area contributed by atoms with Gasteiger partial charge in [-0.2, -0.15) is 0 Å². The Balaban J connectivity index is 0.810. The molecule has 0 radical (unpaired) electrons. The molecular weight excluding hydrogens is 1100 g/mol. The number of hydrogen-bond donors (Lipinski definition) is 3. The topological polar surface area (TPSA) is 206 Å². The van der Waals surface area contributed by atoms with Gasteiger partial charge in [-0.15, -0.1) is 0 Å². The Bertz CT molecular complexity index is 2680. The molecule has 3 N–H and O–H groups in total. The highest BCUT2D eigenvalue weighted by atomic mass is 16.5. The molecule has 0 unspecified atom stereocenters. The molecule has 474 valence electrons. The third-order valence-corrected chi connectivity index (χ3v) is 20.9. The molecule has 87 heavy (non-hydrogen) atoms. The van der Waals surface area contributed by atoms with Crippen molar-refractivity contribution in [1.29, 1.82) is 0 Å². The van der Waals surface area contributed by atoms with E-state index in [0.717, 1.165) is 218 Å². The fourth-order valence-corrected chi connectivity index (χ4v) is 16.0. The van der Waals surface area contributed by atoms with Gasteiger partial charge in [0.25, 0.3) is 0 Å². The standard InChI is InChI=1S/C72H99N3O12/c76-64(34-31-49-43-58(52-19-7-1-8-20-52)67(79)59(44-49)53-21-9-2-10-22-53)85-40-37-73-70(82)74(38-41-86-65(77)35-32-50-45-60(54-23-11-3-12-24-54)68(80)61(46-50)55-25-13-4-14-26-55)72(84)75(71(73)83)39-42-87-66(78)36-33-51-47-62(56-27-15-5-16-28-56)69(81)63(48-51)57-29-17-6-18-30-57/h43-48,52-57,79-81H,1-42H2. The molecular formula is C72H99N3O12. The second-order valence-corrected chi connectivity index (χ2v) is 26.8. The summed E-state index contributed by atoms with van der Waals surface area (Å²) >= 11 is 0. The van der Waals surface area contributed by atoms with Crippen LogP contribution in [0.25, 0.3) is 0 Å². The van der Waals surface area contributed by atoms with Crippen molar-refractivity contribution in [2.75, 3.05) is 19.8 Å². The maximum absolute atomic E-state index is 14.2. The van der Waals surface area contributed by atoms with Crippen molar-refractivity contribution in [3.8, 4) is 17.2 Å². The van der Waals surface area contributed by atoms with Gasteiger partial charge in [-0.3, -0.25) is 14.4 Å². The number of phenols is 3. The minimum absolute atomic E-state index is 0.0422. The van der Waals surface area contributed by atoms with Gasteiger partial charge in [0.1, 0.15) is 37.1 Å². The van der Waals surface area contributed by atoms with Crippen LogP contribution in [0, 0.1) is 0 Å². The van der Waals surface area contributed by atoms with Crippen molar-refractivity contribution < 1.29 is 43.9 Å². The summed E-state index contributed by atoms with van der Waals surface area (Å²) in [5.41, 5.74) is 5.95. The first-order valence-corrected chi connectivity index (χ1v) is 34.4. The van der Waals surface area contributed by atoms with E-state index in [1.165, 1.54) is 38.5 Å². The molecule has 6 saturated carbocycles. The molecule has 0 spiro atoms. The lowest BCUT2D eigenvalue weighted by atomic mass is 9.78. The molecule has 3 aromatic carbocycles. The maximum atomic E-state index is 14.2. The fourth-order valence-electron chi connectivity index (χ4n) is 16.0. The molecule has 0 bridgehead atoms. The molecule has 0 atom stereocenters. The van der Waals surface area contributed by atoms with Gasteiger partial charge in [-0.05, 0) is 182 Å². The molecule has 0 aliphatic heterocycles. The van der Waals surface area contributed by atoms with Gasteiger partial charge in [0.05, 0.1) is 19.6 Å². The number of aryl methyl sites for hydroxylation is 3. The number of phenolic OH excluding ortho intramolecular Hbond substituents is 3. The normalized spacial score (nSPS) is 19.0. The lowest BCUT2D eigenvalue weighted by Crippen LogP contribution is -2.55. The molecule has 4 aromatic rings. The average Bonchev–Trinajstić information content (AvgIpc) is 2.06. The van der Waals surface area contributed by atoms with Crippen LogP contribution in [0.5, 0.6) is 17.2 Å². The smallest absolute Gasteiger partial charge is 0.336 e. The summed E-state index contributed by atoms with van der Waals surface area (Å²) in [6.07, 6.45) is 34.3. The molecule has 6 aliphatic rings. The number of carbonyl (C=O) groups excluding carboxylic acids is 3. The summed E-state index contributed by atoms with van der Waals surface area (Å²) in [6.45, 7) is -2.10. The molecule has 0 saturated heterocycles. The number of ether oxygens (including phenoxy) is 3. The number of carbonyl (C=O) groups is 3. The van der Waals surface area contributed by atoms with E-state index in [-0.39, 0.29) is 94.2 Å². The van der Waals surface area contributed by atoms with Crippen LogP contribution < -0.4 is 17.1 Å². The third-order valence-electron chi connectivity index (χ3n) is 20.9. The number of esters is 3. The van der Waals surface area contributed by atoms with E-state index in [9.17, 15) is 44.1 Å². The van der Waals surface area contributed by atoms with Crippen LogP contribution in [-0.4, -0.2) is 66.7 Å². The zero-order valence-electron chi connectivity index (χ0n) is 52.0. The number of aromatic hydroxyl groups is 3. The van der Waals surface area contributed by atoms with E-state index in [4.69, 9.17) is 14.2 Å². The minimum atomic E-state index is -0.955. The number of aromatic nitrogens is 3. The Morgan fingerprint density at radius 3 is 0.690 bits per heavy atom. The monoisotopic (exact) mass is 1200 g/mol. The zero-order chi connectivity index (χ0) is 60.7. The molecule has 1 heterocycles. The van der Waals surface area contributed by atoms with E-state index in [1.54, 1.807) is 0 Å². The van der Waals surface area contributed by atoms with Crippen molar-refractivity contribution >= 4 is 17.9 Å². The Morgan fingerprint density at radius 1 is 0.322 bits per heavy atom. The van der Waals surface area contributed by atoms with Gasteiger partial charge in [-0.25, -0.2) is 28.1 Å². The van der Waals surface area contributed by atoms with Crippen molar-refractivity contribution in [2.45, 2.75) is 286 Å². The van der Waals surface area contributed by atoms with Crippen LogP contribution in [0.4, 0.5) is 0 Å². The summed E-state index contributed by atoms with van der Waals surface area (Å²) < 4.78 is 19.6. The number of benzene rings is 3. The molecule has 6 fully saturated rings. The van der Waals surface area contributed by atoms with E-state index in [1.807, 2.05) is 0 Å². The average molecular weight is 1200 g/mol. The first-order valence-electron chi connectivity index (χ1n) is 34.4. The first-order chi connectivity index (χ1) is 42.4. The van der Waals surface area contributed by atoms with Gasteiger partial charge in [0.15, 0.2) is 0 Å². The molecule has 10 rings (SSSR count). The predicted molar refractivity (Wildman–Crippen MR) is 336 cm³/mol. The van der Waals surface area contributed by atoms with Crippen LogP contribution in [-0.2, 0) is 67.5 Å². The van der Waals surface area contributed by atoms with E-state index in [0.29, 0.717) is 36.5 Å². The van der Waals surface area contributed by atoms with Gasteiger partial charge >= 0.3 is 35.0 Å². The summed E-state index contributed by atoms with van der Waals surface area (Å²) in [4.78, 5) is 83.0. The predicted octanol–water partition coefficient (Wildman–Crippen LogP) is 14.1. The highest BCUT2D eigenvalue weighted by molar-refractivity contribution is 5.71. The van der Waals surface area contributed by atoms with E-state index < -0.39 is 35.0 Å². The van der Waals surface area contributed by atoms with Crippen LogP contribution in [0.2, 0.25) is 0 Å².